The van der Waals surface area contributed by atoms with Crippen LogP contribution in [0, 0.1) is 5.82 Å². The molecule has 1 saturated heterocycles. The third kappa shape index (κ3) is 7.04. The maximum atomic E-state index is 14.0. The topological polar surface area (TPSA) is 70.8 Å². The van der Waals surface area contributed by atoms with Crippen LogP contribution in [0.5, 0.6) is 0 Å². The maximum Gasteiger partial charge on any atom is 0.245 e. The minimum absolute atomic E-state index is 0.259. The van der Waals surface area contributed by atoms with Crippen LogP contribution in [-0.2, 0) is 4.74 Å². The van der Waals surface area contributed by atoms with Crippen LogP contribution < -0.4 is 15.1 Å². The minimum Gasteiger partial charge on any atom is -0.378 e. The average Bonchev–Trinajstić information content (AvgIpc) is 3.40. The van der Waals surface area contributed by atoms with Crippen molar-refractivity contribution in [2.45, 2.75) is 20.3 Å². The van der Waals surface area contributed by atoms with Crippen molar-refractivity contribution in [2.24, 2.45) is 4.99 Å². The van der Waals surface area contributed by atoms with Crippen LogP contribution in [0.4, 0.5) is 21.7 Å². The third-order valence-corrected chi connectivity index (χ3v) is 5.97. The van der Waals surface area contributed by atoms with Gasteiger partial charge in [-0.25, -0.2) is 14.1 Å². The van der Waals surface area contributed by atoms with E-state index in [1.54, 1.807) is 17.2 Å². The molecular formula is C28H34FN7O. The van der Waals surface area contributed by atoms with E-state index in [0.717, 1.165) is 53.5 Å². The number of hydrogen-bond donors (Lipinski definition) is 1. The Morgan fingerprint density at radius 2 is 1.92 bits per heavy atom. The van der Waals surface area contributed by atoms with Gasteiger partial charge < -0.3 is 19.9 Å². The molecule has 1 N–H and O–H groups in total. The third-order valence-electron chi connectivity index (χ3n) is 5.97. The molecular weight excluding hydrogens is 469 g/mol. The summed E-state index contributed by atoms with van der Waals surface area (Å²) in [5.41, 5.74) is 4.41. The Bertz CT molecular complexity index is 1270. The molecule has 0 amide bonds. The first-order chi connectivity index (χ1) is 17.9. The van der Waals surface area contributed by atoms with E-state index in [0.29, 0.717) is 19.2 Å². The van der Waals surface area contributed by atoms with E-state index in [2.05, 4.69) is 32.2 Å². The summed E-state index contributed by atoms with van der Waals surface area (Å²) in [4.78, 5) is 13.1. The van der Waals surface area contributed by atoms with Gasteiger partial charge in [-0.15, -0.1) is 5.10 Å². The highest BCUT2D eigenvalue weighted by molar-refractivity contribution is 5.85. The summed E-state index contributed by atoms with van der Waals surface area (Å²) in [6.07, 6.45) is 8.21. The molecule has 0 aliphatic carbocycles. The first-order valence-electron chi connectivity index (χ1n) is 12.4. The summed E-state index contributed by atoms with van der Waals surface area (Å²) in [6, 6.07) is 13.0. The molecule has 1 aliphatic rings. The van der Waals surface area contributed by atoms with Crippen molar-refractivity contribution in [1.29, 1.82) is 0 Å². The number of rotatable bonds is 9. The zero-order valence-electron chi connectivity index (χ0n) is 21.9. The lowest BCUT2D eigenvalue weighted by molar-refractivity contribution is 0.122. The normalized spacial score (nSPS) is 14.9. The van der Waals surface area contributed by atoms with Crippen molar-refractivity contribution in [3.63, 3.8) is 0 Å². The lowest BCUT2D eigenvalue weighted by atomic mass is 10.1. The first kappa shape index (κ1) is 26.1. The average molecular weight is 504 g/mol. The Morgan fingerprint density at radius 1 is 1.16 bits per heavy atom. The van der Waals surface area contributed by atoms with Crippen LogP contribution in [0.1, 0.15) is 25.8 Å². The molecule has 0 atom stereocenters. The number of aliphatic imine (C=N–C) groups is 1. The van der Waals surface area contributed by atoms with E-state index in [4.69, 9.17) is 4.74 Å². The highest BCUT2D eigenvalue weighted by Gasteiger charge is 2.15. The fourth-order valence-corrected chi connectivity index (χ4v) is 3.85. The monoisotopic (exact) mass is 503 g/mol. The van der Waals surface area contributed by atoms with E-state index in [-0.39, 0.29) is 5.82 Å². The summed E-state index contributed by atoms with van der Waals surface area (Å²) in [5.74, 6) is 1.20. The number of anilines is 3. The molecule has 2 heterocycles. The summed E-state index contributed by atoms with van der Waals surface area (Å²) >= 11 is 0. The van der Waals surface area contributed by atoms with E-state index in [1.165, 1.54) is 12.1 Å². The smallest absolute Gasteiger partial charge is 0.245 e. The van der Waals surface area contributed by atoms with Gasteiger partial charge in [0, 0.05) is 44.8 Å². The number of halogens is 1. The predicted molar refractivity (Wildman–Crippen MR) is 149 cm³/mol. The van der Waals surface area contributed by atoms with Crippen molar-refractivity contribution in [3.8, 4) is 5.69 Å². The summed E-state index contributed by atoms with van der Waals surface area (Å²) < 4.78 is 21.2. The minimum atomic E-state index is -0.259. The van der Waals surface area contributed by atoms with Gasteiger partial charge in [0.25, 0.3) is 0 Å². The van der Waals surface area contributed by atoms with Crippen molar-refractivity contribution < 1.29 is 9.13 Å². The maximum absolute atomic E-state index is 14.0. The predicted octanol–water partition coefficient (Wildman–Crippen LogP) is 5.15. The van der Waals surface area contributed by atoms with E-state index < -0.39 is 0 Å². The molecule has 8 nitrogen and oxygen atoms in total. The molecule has 1 fully saturated rings. The van der Waals surface area contributed by atoms with Crippen LogP contribution in [0.3, 0.4) is 0 Å². The van der Waals surface area contributed by atoms with E-state index in [9.17, 15) is 4.39 Å². The quantitative estimate of drug-likeness (QED) is 0.408. The lowest BCUT2D eigenvalue weighted by Gasteiger charge is -2.25. The summed E-state index contributed by atoms with van der Waals surface area (Å²) in [6.45, 7) is 7.00. The summed E-state index contributed by atoms with van der Waals surface area (Å²) in [5, 5.41) is 7.98. The second-order valence-electron chi connectivity index (χ2n) is 8.98. The Kier molecular flexibility index (Phi) is 8.68. The van der Waals surface area contributed by atoms with Crippen LogP contribution in [-0.4, -0.2) is 61.4 Å². The summed E-state index contributed by atoms with van der Waals surface area (Å²) in [7, 11) is 3.79. The van der Waals surface area contributed by atoms with E-state index >= 15 is 0 Å². The largest absolute Gasteiger partial charge is 0.378 e. The lowest BCUT2D eigenvalue weighted by Crippen LogP contribution is -2.37. The van der Waals surface area contributed by atoms with Gasteiger partial charge in [-0.2, -0.15) is 4.98 Å². The molecule has 0 radical (unpaired) electrons. The number of benzene rings is 2. The number of morpholine rings is 1. The molecule has 9 heteroatoms. The number of nitrogens with one attached hydrogen (secondary N) is 1. The standard InChI is InChI=1S/C28H34FN7O/c1-5-6-27(30-12-11-21(2)22-17-23(29)19-26(18-22)34(3)4)32-24-7-9-25(10-8-24)36-20-31-28(33-36)35-13-15-37-16-14-35/h6-12,17-20,32H,5,13-16H2,1-4H3/b21-11+,27-6-,30-12-. The van der Waals surface area contributed by atoms with Gasteiger partial charge in [0.2, 0.25) is 5.95 Å². The van der Waals surface area contributed by atoms with Gasteiger partial charge >= 0.3 is 0 Å². The molecule has 3 aromatic rings. The van der Waals surface area contributed by atoms with Crippen molar-refractivity contribution in [3.05, 3.63) is 78.1 Å². The molecule has 0 spiro atoms. The number of nitrogens with zero attached hydrogens (tertiary/aromatic N) is 6. The van der Waals surface area contributed by atoms with Crippen LogP contribution in [0.15, 0.2) is 71.8 Å². The molecule has 0 unspecified atom stereocenters. The second kappa shape index (κ2) is 12.3. The Hall–Kier alpha value is -3.98. The number of aromatic nitrogens is 3. The van der Waals surface area contributed by atoms with Crippen molar-refractivity contribution >= 4 is 29.1 Å². The molecule has 2 aromatic carbocycles. The van der Waals surface area contributed by atoms with Crippen LogP contribution in [0.2, 0.25) is 0 Å². The van der Waals surface area contributed by atoms with Gasteiger partial charge in [-0.3, -0.25) is 0 Å². The second-order valence-corrected chi connectivity index (χ2v) is 8.98. The molecule has 0 saturated carbocycles. The molecule has 0 bridgehead atoms. The highest BCUT2D eigenvalue weighted by Crippen LogP contribution is 2.22. The molecule has 37 heavy (non-hydrogen) atoms. The van der Waals surface area contributed by atoms with Gasteiger partial charge in [0.15, 0.2) is 0 Å². The fourth-order valence-electron chi connectivity index (χ4n) is 3.85. The van der Waals surface area contributed by atoms with Crippen molar-refractivity contribution in [2.75, 3.05) is 55.5 Å². The Balaban J connectivity index is 1.42. The molecule has 194 valence electrons. The first-order valence-corrected chi connectivity index (χ1v) is 12.4. The van der Waals surface area contributed by atoms with Crippen LogP contribution in [0.25, 0.3) is 11.3 Å². The van der Waals surface area contributed by atoms with Crippen molar-refractivity contribution in [1.82, 2.24) is 14.8 Å². The van der Waals surface area contributed by atoms with Gasteiger partial charge in [0.05, 0.1) is 18.9 Å². The number of hydrogen-bond acceptors (Lipinski definition) is 7. The van der Waals surface area contributed by atoms with Gasteiger partial charge in [-0.1, -0.05) is 6.92 Å². The van der Waals surface area contributed by atoms with Crippen LogP contribution >= 0.6 is 0 Å². The number of ether oxygens (including phenoxy) is 1. The van der Waals surface area contributed by atoms with Gasteiger partial charge in [-0.05, 0) is 79.1 Å². The fraction of sp³-hybridized carbons (Fsp3) is 0.321. The SMILES string of the molecule is CC/C=C(/N=C\C=C(/C)c1cc(F)cc(N(C)C)c1)Nc1ccc(-n2cnc(N3CCOCC3)n2)cc1. The Morgan fingerprint density at radius 3 is 2.62 bits per heavy atom. The zero-order chi connectivity index (χ0) is 26.2. The Labute approximate surface area is 217 Å². The number of allylic oxidation sites excluding steroid dienone is 3. The molecule has 4 rings (SSSR count). The molecule has 1 aromatic heterocycles. The van der Waals surface area contributed by atoms with E-state index in [1.807, 2.05) is 68.4 Å². The highest BCUT2D eigenvalue weighted by atomic mass is 19.1. The van der Waals surface area contributed by atoms with Gasteiger partial charge in [0.1, 0.15) is 18.0 Å². The zero-order valence-corrected chi connectivity index (χ0v) is 21.9. The molecule has 1 aliphatic heterocycles.